The first-order chi connectivity index (χ1) is 13.7. The number of benzene rings is 2. The Morgan fingerprint density at radius 2 is 1.26 bits per heavy atom. The molecule has 31 heavy (non-hydrogen) atoms. The van der Waals surface area contributed by atoms with Crippen LogP contribution in [-0.2, 0) is 20.4 Å². The van der Waals surface area contributed by atoms with Crippen LogP contribution < -0.4 is 47.6 Å². The van der Waals surface area contributed by atoms with Crippen LogP contribution in [0.3, 0.4) is 0 Å². The third-order valence-corrected chi connectivity index (χ3v) is 14.2. The Bertz CT molecular complexity index is 847. The standard InChI is InChI=1S/C26H29Si.3ClH.Ti/c1-27(20-12-4-2-5-13-20,21-14-6-3-7-15-21)26-24-18-10-8-16-22(24)23-17-9-11-19-25(23)26;;;;/h2-8,10,12-16,18-19,22-26H,9,11,17H2,1H3;3*1H;/q;;;;+3/p-3. The molecule has 5 heteroatoms. The summed E-state index contributed by atoms with van der Waals surface area (Å²) in [6, 6.07) is 23.1. The van der Waals surface area contributed by atoms with Gasteiger partial charge in [0.25, 0.3) is 0 Å². The molecule has 0 aliphatic heterocycles. The van der Waals surface area contributed by atoms with Gasteiger partial charge < -0.3 is 37.2 Å². The van der Waals surface area contributed by atoms with Crippen molar-refractivity contribution < 1.29 is 57.7 Å². The fraction of sp³-hybridized carbons (Fsp3) is 0.385. The third kappa shape index (κ3) is 4.57. The number of fused-ring (bicyclic) bond motifs is 3. The van der Waals surface area contributed by atoms with E-state index in [2.05, 4.69) is 112 Å². The van der Waals surface area contributed by atoms with Gasteiger partial charge >= 0.3 is 183 Å². The Morgan fingerprint density at radius 1 is 0.742 bits per heavy atom. The molecule has 3 aliphatic carbocycles. The van der Waals surface area contributed by atoms with Crippen molar-refractivity contribution in [3.8, 4) is 0 Å². The van der Waals surface area contributed by atoms with E-state index >= 15 is 0 Å². The van der Waals surface area contributed by atoms with Crippen LogP contribution in [0, 0.1) is 23.7 Å². The molecule has 0 saturated heterocycles. The Hall–Kier alpha value is -0.279. The first-order valence-corrected chi connectivity index (χ1v) is 14.4. The molecule has 6 atom stereocenters. The number of rotatable bonds is 3. The summed E-state index contributed by atoms with van der Waals surface area (Å²) < 4.78 is 0.843. The zero-order valence-corrected chi connectivity index (χ0v) is 22.6. The van der Waals surface area contributed by atoms with Crippen LogP contribution in [0.1, 0.15) is 19.3 Å². The van der Waals surface area contributed by atoms with Gasteiger partial charge in [0, 0.05) is 0 Å². The topological polar surface area (TPSA) is 0 Å². The maximum Gasteiger partial charge on any atom is -1.00 e. The van der Waals surface area contributed by atoms with E-state index in [9.17, 15) is 0 Å². The van der Waals surface area contributed by atoms with Crippen LogP contribution in [-0.4, -0.2) is 8.07 Å². The zero-order valence-electron chi connectivity index (χ0n) is 17.8. The molecule has 5 rings (SSSR count). The van der Waals surface area contributed by atoms with Crippen LogP contribution in [0.2, 0.25) is 16.3 Å². The zero-order chi connectivity index (χ0) is 19.1. The summed E-state index contributed by atoms with van der Waals surface area (Å²) in [7, 11) is -1.91. The molecule has 0 radical (unpaired) electrons. The molecule has 0 bridgehead atoms. The minimum Gasteiger partial charge on any atom is -1.00 e. The Kier molecular flexibility index (Phi) is 9.77. The van der Waals surface area contributed by atoms with Crippen molar-refractivity contribution >= 4 is 18.4 Å². The Morgan fingerprint density at radius 3 is 1.81 bits per heavy atom. The van der Waals surface area contributed by atoms with Crippen LogP contribution in [0.25, 0.3) is 0 Å². The minimum atomic E-state index is -1.91. The van der Waals surface area contributed by atoms with E-state index in [1.807, 2.05) is 0 Å². The number of allylic oxidation sites excluding steroid dienone is 4. The molecular formula is C26H29Cl3SiTi. The Labute approximate surface area is 219 Å². The number of hydrogen-bond acceptors (Lipinski definition) is 0. The van der Waals surface area contributed by atoms with Crippen LogP contribution in [0.15, 0.2) is 85.0 Å². The molecule has 6 unspecified atom stereocenters. The second-order valence-electron chi connectivity index (χ2n) is 9.16. The molecule has 2 aromatic rings. The van der Waals surface area contributed by atoms with Crippen molar-refractivity contribution in [3.63, 3.8) is 0 Å². The van der Waals surface area contributed by atoms with Crippen molar-refractivity contribution in [3.05, 3.63) is 85.0 Å². The van der Waals surface area contributed by atoms with E-state index < -0.39 is 8.07 Å². The van der Waals surface area contributed by atoms with E-state index in [4.69, 9.17) is 0 Å². The van der Waals surface area contributed by atoms with E-state index in [0.29, 0.717) is 5.92 Å². The van der Waals surface area contributed by atoms with Crippen LogP contribution >= 0.6 is 0 Å². The molecule has 2 aromatic carbocycles. The van der Waals surface area contributed by atoms with Crippen molar-refractivity contribution in [2.24, 2.45) is 23.7 Å². The summed E-state index contributed by atoms with van der Waals surface area (Å²) in [5, 5.41) is 3.23. The SMILES string of the molecule is C[Si](c1ccccc1)(c1ccccc1)C1C2C=CC=CC2C2CCC[CH]([Ti+3])C21.[Cl-].[Cl-].[Cl-]. The molecule has 0 heterocycles. The quantitative estimate of drug-likeness (QED) is 0.365. The second-order valence-corrected chi connectivity index (χ2v) is 14.5. The number of halogens is 3. The van der Waals surface area contributed by atoms with Crippen molar-refractivity contribution in [1.82, 2.24) is 0 Å². The van der Waals surface area contributed by atoms with Gasteiger partial charge in [0.1, 0.15) is 0 Å². The number of hydrogen-bond donors (Lipinski definition) is 0. The van der Waals surface area contributed by atoms with Gasteiger partial charge in [-0.15, -0.1) is 0 Å². The van der Waals surface area contributed by atoms with Gasteiger partial charge in [0.15, 0.2) is 0 Å². The smallest absolute Gasteiger partial charge is 1.00 e. The fourth-order valence-electron chi connectivity index (χ4n) is 6.80. The molecular weight excluding hydrogens is 495 g/mol. The largest absolute Gasteiger partial charge is 1.00 e. The van der Waals surface area contributed by atoms with E-state index in [-0.39, 0.29) is 37.2 Å². The molecule has 0 aromatic heterocycles. The van der Waals surface area contributed by atoms with Crippen molar-refractivity contribution in [2.45, 2.75) is 35.6 Å². The minimum absolute atomic E-state index is 0. The monoisotopic (exact) mass is 522 g/mol. The maximum atomic E-state index is 2.68. The molecule has 2 fully saturated rings. The second kappa shape index (κ2) is 11.2. The molecule has 2 saturated carbocycles. The molecule has 0 nitrogen and oxygen atoms in total. The van der Waals surface area contributed by atoms with Gasteiger partial charge in [-0.25, -0.2) is 0 Å². The Balaban J connectivity index is 0.00000114. The van der Waals surface area contributed by atoms with Gasteiger partial charge in [-0.3, -0.25) is 0 Å². The molecule has 0 N–H and O–H groups in total. The third-order valence-electron chi connectivity index (χ3n) is 7.97. The van der Waals surface area contributed by atoms with Crippen molar-refractivity contribution in [1.29, 1.82) is 0 Å². The fourth-order valence-corrected chi connectivity index (χ4v) is 13.4. The average molecular weight is 524 g/mol. The summed E-state index contributed by atoms with van der Waals surface area (Å²) in [5.74, 6) is 3.19. The van der Waals surface area contributed by atoms with Gasteiger partial charge in [0.05, 0.1) is 0 Å². The first-order valence-electron chi connectivity index (χ1n) is 10.9. The molecule has 0 amide bonds. The first kappa shape index (κ1) is 27.0. The van der Waals surface area contributed by atoms with E-state index in [0.717, 1.165) is 27.5 Å². The summed E-state index contributed by atoms with van der Waals surface area (Å²) in [6.07, 6.45) is 14.1. The molecule has 162 valence electrons. The summed E-state index contributed by atoms with van der Waals surface area (Å²) >= 11 is 2.55. The van der Waals surface area contributed by atoms with Gasteiger partial charge in [0.2, 0.25) is 0 Å². The van der Waals surface area contributed by atoms with Crippen LogP contribution in [0.5, 0.6) is 0 Å². The van der Waals surface area contributed by atoms with E-state index in [1.165, 1.54) is 19.3 Å². The predicted molar refractivity (Wildman–Crippen MR) is 117 cm³/mol. The van der Waals surface area contributed by atoms with Gasteiger partial charge in [-0.1, -0.05) is 0 Å². The van der Waals surface area contributed by atoms with E-state index in [1.54, 1.807) is 10.4 Å². The average Bonchev–Trinajstić information content (AvgIpc) is 3.11. The van der Waals surface area contributed by atoms with Gasteiger partial charge in [-0.2, -0.15) is 0 Å². The molecule has 0 spiro atoms. The normalized spacial score (nSPS) is 30.8. The maximum absolute atomic E-state index is 2.68. The summed E-state index contributed by atoms with van der Waals surface area (Å²) in [5.41, 5.74) is 0.781. The van der Waals surface area contributed by atoms with Crippen molar-refractivity contribution in [2.75, 3.05) is 0 Å². The van der Waals surface area contributed by atoms with Crippen LogP contribution in [0.4, 0.5) is 0 Å². The molecule has 3 aliphatic rings. The predicted octanol–water partition coefficient (Wildman–Crippen LogP) is -3.61. The summed E-state index contributed by atoms with van der Waals surface area (Å²) in [6.45, 7) is 2.68. The van der Waals surface area contributed by atoms with Gasteiger partial charge in [-0.05, 0) is 0 Å². The summed E-state index contributed by atoms with van der Waals surface area (Å²) in [4.78, 5) is 0.